The molecule has 0 radical (unpaired) electrons. The van der Waals surface area contributed by atoms with E-state index in [1.54, 1.807) is 6.92 Å². The lowest BCUT2D eigenvalue weighted by atomic mass is 9.91. The van der Waals surface area contributed by atoms with E-state index in [-0.39, 0.29) is 30.5 Å². The number of amides is 1. The Hall–Kier alpha value is -1.10. The van der Waals surface area contributed by atoms with E-state index in [1.165, 1.54) is 0 Å². The number of carbonyl (C=O) groups excluding carboxylic acids is 1. The van der Waals surface area contributed by atoms with Gasteiger partial charge in [0.2, 0.25) is 5.91 Å². The third kappa shape index (κ3) is 3.51. The fourth-order valence-corrected chi connectivity index (χ4v) is 2.58. The minimum atomic E-state index is -0.988. The van der Waals surface area contributed by atoms with Gasteiger partial charge in [-0.2, -0.15) is 0 Å². The molecule has 4 nitrogen and oxygen atoms in total. The quantitative estimate of drug-likeness (QED) is 0.907. The standard InChI is InChI=1S/C15H22N2O2.ClH/c1-11-9-17(10-12(2)19-11)14(18)15(3,16)13-7-5-4-6-8-13;/h4-8,11-12H,9-10,16H2,1-3H3;1H. The van der Waals surface area contributed by atoms with Crippen LogP contribution in [0.25, 0.3) is 0 Å². The summed E-state index contributed by atoms with van der Waals surface area (Å²) in [7, 11) is 0. The first-order chi connectivity index (χ1) is 8.91. The van der Waals surface area contributed by atoms with Gasteiger partial charge in [0.1, 0.15) is 5.54 Å². The largest absolute Gasteiger partial charge is 0.372 e. The van der Waals surface area contributed by atoms with E-state index >= 15 is 0 Å². The molecule has 1 saturated heterocycles. The van der Waals surface area contributed by atoms with E-state index in [9.17, 15) is 4.79 Å². The Morgan fingerprint density at radius 2 is 1.75 bits per heavy atom. The molecule has 2 N–H and O–H groups in total. The minimum absolute atomic E-state index is 0. The Morgan fingerprint density at radius 1 is 1.25 bits per heavy atom. The van der Waals surface area contributed by atoms with Gasteiger partial charge >= 0.3 is 0 Å². The van der Waals surface area contributed by atoms with Gasteiger partial charge in [0.15, 0.2) is 0 Å². The maximum Gasteiger partial charge on any atom is 0.247 e. The summed E-state index contributed by atoms with van der Waals surface area (Å²) in [4.78, 5) is 14.5. The van der Waals surface area contributed by atoms with Crippen LogP contribution in [0, 0.1) is 0 Å². The average Bonchev–Trinajstić information content (AvgIpc) is 2.37. The van der Waals surface area contributed by atoms with Crippen LogP contribution in [0.1, 0.15) is 26.3 Å². The van der Waals surface area contributed by atoms with Crippen molar-refractivity contribution in [1.82, 2.24) is 4.90 Å². The maximum atomic E-state index is 12.7. The summed E-state index contributed by atoms with van der Waals surface area (Å²) in [6.07, 6.45) is 0.110. The van der Waals surface area contributed by atoms with Crippen molar-refractivity contribution in [1.29, 1.82) is 0 Å². The molecule has 20 heavy (non-hydrogen) atoms. The van der Waals surface area contributed by atoms with Crippen molar-refractivity contribution in [2.45, 2.75) is 38.5 Å². The predicted octanol–water partition coefficient (Wildman–Crippen LogP) is 1.92. The van der Waals surface area contributed by atoms with Gasteiger partial charge in [-0.1, -0.05) is 30.3 Å². The normalized spacial score (nSPS) is 25.5. The van der Waals surface area contributed by atoms with Crippen LogP contribution >= 0.6 is 12.4 Å². The van der Waals surface area contributed by atoms with Gasteiger partial charge in [-0.15, -0.1) is 12.4 Å². The van der Waals surface area contributed by atoms with Crippen LogP contribution in [0.15, 0.2) is 30.3 Å². The Kier molecular flexibility index (Phi) is 5.57. The van der Waals surface area contributed by atoms with Gasteiger partial charge in [-0.25, -0.2) is 0 Å². The summed E-state index contributed by atoms with van der Waals surface area (Å²) in [5.41, 5.74) is 6.12. The number of carbonyl (C=O) groups is 1. The molecule has 0 aromatic heterocycles. The van der Waals surface area contributed by atoms with Crippen molar-refractivity contribution in [3.05, 3.63) is 35.9 Å². The van der Waals surface area contributed by atoms with Crippen LogP contribution in [0.4, 0.5) is 0 Å². The summed E-state index contributed by atoms with van der Waals surface area (Å²) in [5, 5.41) is 0. The topological polar surface area (TPSA) is 55.6 Å². The third-order valence-corrected chi connectivity index (χ3v) is 3.52. The molecule has 1 amide bonds. The van der Waals surface area contributed by atoms with Crippen LogP contribution in [-0.4, -0.2) is 36.1 Å². The fourth-order valence-electron chi connectivity index (χ4n) is 2.58. The molecule has 1 aromatic carbocycles. The second-order valence-corrected chi connectivity index (χ2v) is 5.54. The maximum absolute atomic E-state index is 12.7. The number of nitrogens with two attached hydrogens (primary N) is 1. The average molecular weight is 299 g/mol. The van der Waals surface area contributed by atoms with Crippen LogP contribution < -0.4 is 5.73 Å². The van der Waals surface area contributed by atoms with Gasteiger partial charge in [-0.3, -0.25) is 4.79 Å². The lowest BCUT2D eigenvalue weighted by molar-refractivity contribution is -0.148. The second kappa shape index (κ2) is 6.57. The molecule has 112 valence electrons. The van der Waals surface area contributed by atoms with Crippen molar-refractivity contribution < 1.29 is 9.53 Å². The second-order valence-electron chi connectivity index (χ2n) is 5.54. The lowest BCUT2D eigenvalue weighted by Gasteiger charge is -2.39. The monoisotopic (exact) mass is 298 g/mol. The summed E-state index contributed by atoms with van der Waals surface area (Å²) in [6, 6.07) is 9.51. The molecule has 1 fully saturated rings. The summed E-state index contributed by atoms with van der Waals surface area (Å²) in [6.45, 7) is 6.93. The van der Waals surface area contributed by atoms with Crippen molar-refractivity contribution >= 4 is 18.3 Å². The Labute approximate surface area is 126 Å². The molecule has 1 aromatic rings. The van der Waals surface area contributed by atoms with E-state index in [2.05, 4.69) is 0 Å². The highest BCUT2D eigenvalue weighted by Gasteiger charge is 2.37. The number of nitrogens with zero attached hydrogens (tertiary/aromatic N) is 1. The predicted molar refractivity (Wildman–Crippen MR) is 81.8 cm³/mol. The lowest BCUT2D eigenvalue weighted by Crippen LogP contribution is -2.56. The first-order valence-electron chi connectivity index (χ1n) is 6.70. The molecule has 3 unspecified atom stereocenters. The van der Waals surface area contributed by atoms with Gasteiger partial charge < -0.3 is 15.4 Å². The summed E-state index contributed by atoms with van der Waals surface area (Å²) >= 11 is 0. The third-order valence-electron chi connectivity index (χ3n) is 3.52. The van der Waals surface area contributed by atoms with Crippen LogP contribution in [0.5, 0.6) is 0 Å². The molecule has 1 aliphatic rings. The van der Waals surface area contributed by atoms with Gasteiger partial charge in [0, 0.05) is 13.1 Å². The smallest absolute Gasteiger partial charge is 0.247 e. The van der Waals surface area contributed by atoms with Crippen molar-refractivity contribution in [3.63, 3.8) is 0 Å². The number of ether oxygens (including phenoxy) is 1. The first-order valence-corrected chi connectivity index (χ1v) is 6.70. The molecule has 0 aliphatic carbocycles. The zero-order valence-electron chi connectivity index (χ0n) is 12.2. The first kappa shape index (κ1) is 17.0. The number of benzene rings is 1. The van der Waals surface area contributed by atoms with Crippen molar-refractivity contribution in [2.75, 3.05) is 13.1 Å². The molecule has 0 bridgehead atoms. The zero-order valence-corrected chi connectivity index (χ0v) is 13.0. The number of morpholine rings is 1. The van der Waals surface area contributed by atoms with Gasteiger partial charge in [0.05, 0.1) is 12.2 Å². The van der Waals surface area contributed by atoms with Gasteiger partial charge in [0.25, 0.3) is 0 Å². The number of hydrogen-bond acceptors (Lipinski definition) is 3. The Morgan fingerprint density at radius 3 is 2.25 bits per heavy atom. The summed E-state index contributed by atoms with van der Waals surface area (Å²) in [5.74, 6) is -0.0410. The fraction of sp³-hybridized carbons (Fsp3) is 0.533. The molecule has 0 saturated carbocycles. The van der Waals surface area contributed by atoms with Crippen molar-refractivity contribution in [3.8, 4) is 0 Å². The molecular weight excluding hydrogens is 276 g/mol. The molecule has 3 atom stereocenters. The zero-order chi connectivity index (χ0) is 14.0. The van der Waals surface area contributed by atoms with Crippen LogP contribution in [0.2, 0.25) is 0 Å². The highest BCUT2D eigenvalue weighted by molar-refractivity contribution is 5.87. The van der Waals surface area contributed by atoms with E-state index in [1.807, 2.05) is 49.1 Å². The number of halogens is 1. The van der Waals surface area contributed by atoms with E-state index in [0.717, 1.165) is 5.56 Å². The van der Waals surface area contributed by atoms with Crippen LogP contribution in [-0.2, 0) is 15.1 Å². The van der Waals surface area contributed by atoms with Crippen molar-refractivity contribution in [2.24, 2.45) is 5.73 Å². The molecule has 1 heterocycles. The number of rotatable bonds is 2. The highest BCUT2D eigenvalue weighted by Crippen LogP contribution is 2.22. The molecule has 5 heteroatoms. The molecule has 1 aliphatic heterocycles. The van der Waals surface area contributed by atoms with E-state index in [0.29, 0.717) is 13.1 Å². The summed E-state index contributed by atoms with van der Waals surface area (Å²) < 4.78 is 5.65. The van der Waals surface area contributed by atoms with Crippen LogP contribution in [0.3, 0.4) is 0 Å². The minimum Gasteiger partial charge on any atom is -0.372 e. The molecule has 0 spiro atoms. The number of hydrogen-bond donors (Lipinski definition) is 1. The van der Waals surface area contributed by atoms with E-state index < -0.39 is 5.54 Å². The Balaban J connectivity index is 0.00000200. The SMILES string of the molecule is CC1CN(C(=O)C(C)(N)c2ccccc2)CC(C)O1.Cl. The van der Waals surface area contributed by atoms with E-state index in [4.69, 9.17) is 10.5 Å². The highest BCUT2D eigenvalue weighted by atomic mass is 35.5. The molecule has 2 rings (SSSR count). The van der Waals surface area contributed by atoms with Gasteiger partial charge in [-0.05, 0) is 26.3 Å². The molecular formula is C15H23ClN2O2. The Bertz CT molecular complexity index is 440.